The van der Waals surface area contributed by atoms with Crippen molar-refractivity contribution in [1.82, 2.24) is 25.1 Å². The molecular weight excluding hydrogens is 811 g/mol. The van der Waals surface area contributed by atoms with Crippen molar-refractivity contribution in [2.45, 2.75) is 64.5 Å². The first-order valence-corrected chi connectivity index (χ1v) is 24.0. The Morgan fingerprint density at radius 2 is 1.82 bits per heavy atom. The van der Waals surface area contributed by atoms with Crippen LogP contribution in [0.4, 0.5) is 28.8 Å². The molecule has 1 unspecified atom stereocenters. The molecule has 13 nitrogen and oxygen atoms in total. The van der Waals surface area contributed by atoms with Gasteiger partial charge in [0.05, 0.1) is 24.7 Å². The number of hydrogen-bond donors (Lipinski definition) is 3. The second-order valence-corrected chi connectivity index (χ2v) is 20.5. The number of carbonyl (C=O) groups is 3. The van der Waals surface area contributed by atoms with Gasteiger partial charge in [0.15, 0.2) is 5.82 Å². The van der Waals surface area contributed by atoms with Gasteiger partial charge in [-0.05, 0) is 107 Å². The molecule has 8 rings (SSSR count). The lowest BCUT2D eigenvalue weighted by atomic mass is 9.71. The second kappa shape index (κ2) is 17.5. The number of methoxy groups -OCH3 is 1. The van der Waals surface area contributed by atoms with Gasteiger partial charge in [-0.2, -0.15) is 4.98 Å². The van der Waals surface area contributed by atoms with Crippen LogP contribution < -0.4 is 30.9 Å². The number of halogens is 1. The van der Waals surface area contributed by atoms with Crippen molar-refractivity contribution in [2.24, 2.45) is 5.41 Å². The third-order valence-corrected chi connectivity index (χ3v) is 14.2. The number of piperidine rings is 2. The normalized spacial score (nSPS) is 18.6. The molecule has 318 valence electrons. The van der Waals surface area contributed by atoms with E-state index < -0.39 is 19.1 Å². The van der Waals surface area contributed by atoms with Crippen LogP contribution in [0.15, 0.2) is 60.8 Å². The number of aromatic nitrogens is 2. The van der Waals surface area contributed by atoms with E-state index in [-0.39, 0.29) is 18.2 Å². The number of rotatable bonds is 12. The predicted octanol–water partition coefficient (Wildman–Crippen LogP) is 6.93. The first kappa shape index (κ1) is 42.3. The van der Waals surface area contributed by atoms with E-state index in [2.05, 4.69) is 66.6 Å². The zero-order valence-corrected chi connectivity index (χ0v) is 36.8. The number of nitrogens with zero attached hydrogens (tertiary/aromatic N) is 5. The standard InChI is InChI=1S/C46H52ClN8O5P/c1-5-30-24-36(50-45-48-26-34(47)42(52-45)49-35-15-8-9-16-40(35)61(3,4)59)39(60-2)25-38(30)54-28-46(29-54)19-22-53(23-20-46)21-10-6-7-12-31-13-11-14-32-33(31)27-55(44(32)58)37-17-18-41(56)51-43(37)57/h8-9,11,13-16,24-26,37H,5-6,10,17-23,27-29H2,1-4H3,(H,51,56,57)(H2,48,49,50,52). The maximum atomic E-state index is 13.2. The molecule has 15 heteroatoms. The lowest BCUT2D eigenvalue weighted by Crippen LogP contribution is -2.60. The van der Waals surface area contributed by atoms with Crippen LogP contribution in [0.3, 0.4) is 0 Å². The zero-order valence-electron chi connectivity index (χ0n) is 35.1. The molecular formula is C46H52ClN8O5P. The topological polar surface area (TPSA) is 149 Å². The van der Waals surface area contributed by atoms with E-state index in [1.54, 1.807) is 37.6 Å². The van der Waals surface area contributed by atoms with Crippen molar-refractivity contribution < 1.29 is 23.7 Å². The molecule has 61 heavy (non-hydrogen) atoms. The number of para-hydroxylation sites is 1. The molecule has 4 aliphatic rings. The van der Waals surface area contributed by atoms with Crippen molar-refractivity contribution >= 4 is 70.6 Å². The third-order valence-electron chi connectivity index (χ3n) is 12.4. The maximum absolute atomic E-state index is 13.2. The summed E-state index contributed by atoms with van der Waals surface area (Å²) in [7, 11) is -0.885. The van der Waals surface area contributed by atoms with E-state index >= 15 is 0 Å². The summed E-state index contributed by atoms with van der Waals surface area (Å²) in [5, 5.41) is 10.0. The van der Waals surface area contributed by atoms with E-state index in [4.69, 9.17) is 16.3 Å². The van der Waals surface area contributed by atoms with Gasteiger partial charge in [0, 0.05) is 66.1 Å². The van der Waals surface area contributed by atoms with E-state index in [1.165, 1.54) is 11.3 Å². The van der Waals surface area contributed by atoms with Gasteiger partial charge in [-0.15, -0.1) is 0 Å². The molecule has 0 bridgehead atoms. The lowest BCUT2D eigenvalue weighted by molar-refractivity contribution is -0.136. The highest BCUT2D eigenvalue weighted by atomic mass is 35.5. The monoisotopic (exact) mass is 862 g/mol. The Morgan fingerprint density at radius 3 is 2.56 bits per heavy atom. The Morgan fingerprint density at radius 1 is 1.03 bits per heavy atom. The smallest absolute Gasteiger partial charge is 0.255 e. The van der Waals surface area contributed by atoms with Crippen LogP contribution in [-0.2, 0) is 27.1 Å². The predicted molar refractivity (Wildman–Crippen MR) is 240 cm³/mol. The number of carbonyl (C=O) groups excluding carboxylic acids is 3. The van der Waals surface area contributed by atoms with Gasteiger partial charge in [-0.1, -0.05) is 48.6 Å². The highest BCUT2D eigenvalue weighted by Crippen LogP contribution is 2.46. The molecule has 3 fully saturated rings. The Balaban J connectivity index is 0.835. The van der Waals surface area contributed by atoms with Gasteiger partial charge in [-0.25, -0.2) is 4.98 Å². The van der Waals surface area contributed by atoms with Gasteiger partial charge in [-0.3, -0.25) is 19.7 Å². The lowest BCUT2D eigenvalue weighted by Gasteiger charge is -2.55. The summed E-state index contributed by atoms with van der Waals surface area (Å²) >= 11 is 6.52. The van der Waals surface area contributed by atoms with Crippen molar-refractivity contribution in [2.75, 3.05) is 68.7 Å². The first-order valence-electron chi connectivity index (χ1n) is 21.0. The van der Waals surface area contributed by atoms with Crippen LogP contribution in [-0.4, -0.2) is 96.7 Å². The summed E-state index contributed by atoms with van der Waals surface area (Å²) in [6, 6.07) is 16.7. The number of hydrogen-bond acceptors (Lipinski definition) is 11. The number of ether oxygens (including phenoxy) is 1. The number of unbranched alkanes of at least 4 members (excludes halogenated alkanes) is 1. The molecule has 5 heterocycles. The summed E-state index contributed by atoms with van der Waals surface area (Å²) in [5.41, 5.74) is 6.43. The molecule has 4 aliphatic heterocycles. The number of fused-ring (bicyclic) bond motifs is 1. The molecule has 1 aromatic heterocycles. The molecule has 0 aliphatic carbocycles. The van der Waals surface area contributed by atoms with Crippen molar-refractivity contribution in [3.05, 3.63) is 88.1 Å². The number of benzene rings is 3. The zero-order chi connectivity index (χ0) is 42.9. The van der Waals surface area contributed by atoms with Gasteiger partial charge in [0.2, 0.25) is 17.8 Å². The van der Waals surface area contributed by atoms with Gasteiger partial charge < -0.3 is 34.6 Å². The SMILES string of the molecule is CCc1cc(Nc2ncc(Cl)c(Nc3ccccc3P(C)(C)=O)n2)c(OC)cc1N1CC2(CCN(CCCC#Cc3cccc4c3CN(C3CCC(=O)NC3=O)C4=O)CC2)C1. The van der Waals surface area contributed by atoms with Crippen molar-refractivity contribution in [3.8, 4) is 17.6 Å². The third kappa shape index (κ3) is 8.99. The minimum Gasteiger partial charge on any atom is -0.494 e. The molecule has 1 spiro atoms. The Bertz CT molecular complexity index is 2480. The average molecular weight is 863 g/mol. The van der Waals surface area contributed by atoms with Crippen LogP contribution in [0.25, 0.3) is 0 Å². The second-order valence-electron chi connectivity index (χ2n) is 16.9. The Hall–Kier alpha value is -5.41. The quantitative estimate of drug-likeness (QED) is 0.0590. The fraction of sp³-hybridized carbons (Fsp3) is 0.413. The van der Waals surface area contributed by atoms with Crippen LogP contribution >= 0.6 is 18.7 Å². The molecule has 1 atom stereocenters. The van der Waals surface area contributed by atoms with Gasteiger partial charge in [0.25, 0.3) is 5.91 Å². The Labute approximate surface area is 362 Å². The first-order chi connectivity index (χ1) is 29.3. The average Bonchev–Trinajstić information content (AvgIpc) is 3.57. The van der Waals surface area contributed by atoms with E-state index in [0.717, 1.165) is 86.9 Å². The Kier molecular flexibility index (Phi) is 12.1. The molecule has 3 N–H and O–H groups in total. The number of anilines is 5. The highest BCUT2D eigenvalue weighted by molar-refractivity contribution is 7.70. The fourth-order valence-corrected chi connectivity index (χ4v) is 10.3. The molecule has 3 aromatic carbocycles. The minimum absolute atomic E-state index is 0.178. The van der Waals surface area contributed by atoms with Crippen molar-refractivity contribution in [3.63, 3.8) is 0 Å². The number of nitrogens with one attached hydrogen (secondary N) is 3. The summed E-state index contributed by atoms with van der Waals surface area (Å²) < 4.78 is 18.9. The van der Waals surface area contributed by atoms with Gasteiger partial charge >= 0.3 is 0 Å². The molecule has 3 saturated heterocycles. The van der Waals surface area contributed by atoms with Gasteiger partial charge in [0.1, 0.15) is 24.0 Å². The minimum atomic E-state index is -2.56. The van der Waals surface area contributed by atoms with Crippen LogP contribution in [0.1, 0.15) is 72.5 Å². The summed E-state index contributed by atoms with van der Waals surface area (Å²) in [4.78, 5) is 53.0. The number of aryl methyl sites for hydroxylation is 1. The largest absolute Gasteiger partial charge is 0.494 e. The van der Waals surface area contributed by atoms with Crippen molar-refractivity contribution in [1.29, 1.82) is 0 Å². The molecule has 3 amide bonds. The number of imide groups is 1. The highest BCUT2D eigenvalue weighted by Gasteiger charge is 2.45. The van der Waals surface area contributed by atoms with E-state index in [0.29, 0.717) is 52.2 Å². The molecule has 0 saturated carbocycles. The summed E-state index contributed by atoms with van der Waals surface area (Å²) in [6.45, 7) is 11.1. The van der Waals surface area contributed by atoms with E-state index in [1.807, 2.05) is 36.4 Å². The van der Waals surface area contributed by atoms with Crippen LogP contribution in [0.5, 0.6) is 5.75 Å². The fourth-order valence-electron chi connectivity index (χ4n) is 9.02. The number of likely N-dealkylation sites (tertiary alicyclic amines) is 1. The number of amides is 3. The summed E-state index contributed by atoms with van der Waals surface area (Å²) in [5.74, 6) is 7.23. The summed E-state index contributed by atoms with van der Waals surface area (Å²) in [6.07, 6.45) is 7.01. The van der Waals surface area contributed by atoms with Crippen LogP contribution in [0.2, 0.25) is 5.02 Å². The van der Waals surface area contributed by atoms with E-state index in [9.17, 15) is 18.9 Å². The van der Waals surface area contributed by atoms with Crippen LogP contribution in [0, 0.1) is 17.3 Å². The molecule has 0 radical (unpaired) electrons. The molecule has 4 aromatic rings. The maximum Gasteiger partial charge on any atom is 0.255 e.